The monoisotopic (exact) mass is 414 g/mol. The SMILES string of the molecule is CC(CO)C12C[C@H](O)C(C)(O1)c1c2c(O)n(-c2ccc(C#N)c3nsnc23)c1O. The molecule has 0 amide bonds. The lowest BCUT2D eigenvalue weighted by Gasteiger charge is -2.31. The fourth-order valence-corrected chi connectivity index (χ4v) is 5.38. The maximum atomic E-state index is 11.2. The summed E-state index contributed by atoms with van der Waals surface area (Å²) in [4.78, 5) is 0. The zero-order valence-electron chi connectivity index (χ0n) is 15.6. The van der Waals surface area contributed by atoms with Gasteiger partial charge in [-0.1, -0.05) is 6.92 Å². The van der Waals surface area contributed by atoms with E-state index in [1.165, 1.54) is 4.57 Å². The summed E-state index contributed by atoms with van der Waals surface area (Å²) in [6.07, 6.45) is -0.719. The van der Waals surface area contributed by atoms with Gasteiger partial charge in [0.2, 0.25) is 11.8 Å². The van der Waals surface area contributed by atoms with Crippen molar-refractivity contribution in [1.29, 1.82) is 5.26 Å². The third-order valence-corrected chi connectivity index (χ3v) is 6.92. The maximum absolute atomic E-state index is 11.2. The molecule has 3 unspecified atom stereocenters. The van der Waals surface area contributed by atoms with Gasteiger partial charge in [0.05, 0.1) is 40.2 Å². The quantitative estimate of drug-likeness (QED) is 0.506. The maximum Gasteiger partial charge on any atom is 0.205 e. The molecule has 29 heavy (non-hydrogen) atoms. The van der Waals surface area contributed by atoms with Crippen molar-refractivity contribution in [2.45, 2.75) is 37.6 Å². The van der Waals surface area contributed by atoms with E-state index in [0.717, 1.165) is 11.7 Å². The molecule has 4 N–H and O–H groups in total. The summed E-state index contributed by atoms with van der Waals surface area (Å²) in [5.41, 5.74) is -0.231. The number of hydrogen-bond donors (Lipinski definition) is 4. The molecule has 1 fully saturated rings. The van der Waals surface area contributed by atoms with Gasteiger partial charge in [0, 0.05) is 18.9 Å². The third-order valence-electron chi connectivity index (χ3n) is 6.39. The van der Waals surface area contributed by atoms with Crippen molar-refractivity contribution in [3.8, 4) is 23.5 Å². The Morgan fingerprint density at radius 3 is 2.69 bits per heavy atom. The summed E-state index contributed by atoms with van der Waals surface area (Å²) in [6, 6.07) is 5.19. The minimum absolute atomic E-state index is 0.191. The number of rotatable bonds is 3. The molecule has 9 nitrogen and oxygen atoms in total. The number of aliphatic hydroxyl groups is 2. The van der Waals surface area contributed by atoms with E-state index in [4.69, 9.17) is 4.74 Å². The Hall–Kier alpha value is -2.71. The second kappa shape index (κ2) is 5.67. The number of aliphatic hydroxyl groups excluding tert-OH is 2. The van der Waals surface area contributed by atoms with E-state index >= 15 is 0 Å². The number of nitriles is 1. The Kier molecular flexibility index (Phi) is 3.58. The molecule has 0 aliphatic carbocycles. The van der Waals surface area contributed by atoms with Crippen molar-refractivity contribution in [2.24, 2.45) is 5.92 Å². The lowest BCUT2D eigenvalue weighted by atomic mass is 9.72. The fourth-order valence-electron chi connectivity index (χ4n) is 4.81. The zero-order chi connectivity index (χ0) is 20.7. The van der Waals surface area contributed by atoms with E-state index in [1.807, 2.05) is 0 Å². The van der Waals surface area contributed by atoms with Crippen LogP contribution in [-0.4, -0.2) is 46.5 Å². The molecule has 3 aromatic rings. The van der Waals surface area contributed by atoms with Crippen LogP contribution in [-0.2, 0) is 15.9 Å². The van der Waals surface area contributed by atoms with Crippen LogP contribution in [0.2, 0.25) is 0 Å². The van der Waals surface area contributed by atoms with Crippen LogP contribution in [0.15, 0.2) is 12.1 Å². The van der Waals surface area contributed by atoms with Crippen molar-refractivity contribution in [3.05, 3.63) is 28.8 Å². The first-order chi connectivity index (χ1) is 13.8. The predicted molar refractivity (Wildman–Crippen MR) is 102 cm³/mol. The number of fused-ring (bicyclic) bond motifs is 6. The molecular weight excluding hydrogens is 396 g/mol. The lowest BCUT2D eigenvalue weighted by molar-refractivity contribution is -0.129. The first-order valence-electron chi connectivity index (χ1n) is 9.12. The van der Waals surface area contributed by atoms with Gasteiger partial charge in [-0.2, -0.15) is 14.0 Å². The molecule has 1 aromatic carbocycles. The third kappa shape index (κ3) is 1.98. The van der Waals surface area contributed by atoms with Gasteiger partial charge < -0.3 is 25.2 Å². The summed E-state index contributed by atoms with van der Waals surface area (Å²) in [5, 5.41) is 52.1. The highest BCUT2D eigenvalue weighted by Crippen LogP contribution is 2.66. The van der Waals surface area contributed by atoms with Crippen LogP contribution in [0, 0.1) is 17.2 Å². The van der Waals surface area contributed by atoms with Gasteiger partial charge in [0.1, 0.15) is 28.3 Å². The zero-order valence-corrected chi connectivity index (χ0v) is 16.4. The number of ether oxygens (including phenoxy) is 1. The van der Waals surface area contributed by atoms with Crippen molar-refractivity contribution in [1.82, 2.24) is 13.3 Å². The Balaban J connectivity index is 1.83. The van der Waals surface area contributed by atoms with Gasteiger partial charge in [-0.05, 0) is 19.1 Å². The minimum atomic E-state index is -1.22. The van der Waals surface area contributed by atoms with E-state index in [9.17, 15) is 25.7 Å². The number of nitrogens with zero attached hydrogens (tertiary/aromatic N) is 4. The van der Waals surface area contributed by atoms with Crippen LogP contribution in [0.4, 0.5) is 0 Å². The Morgan fingerprint density at radius 2 is 2.00 bits per heavy atom. The summed E-state index contributed by atoms with van der Waals surface area (Å²) in [7, 11) is 0. The number of aromatic hydroxyl groups is 2. The topological polar surface area (TPSA) is 145 Å². The van der Waals surface area contributed by atoms with Crippen LogP contribution in [0.5, 0.6) is 11.8 Å². The molecule has 4 heterocycles. The number of benzene rings is 1. The van der Waals surface area contributed by atoms with Crippen LogP contribution in [0.25, 0.3) is 16.7 Å². The molecule has 150 valence electrons. The molecule has 0 spiro atoms. The molecule has 1 saturated heterocycles. The van der Waals surface area contributed by atoms with Gasteiger partial charge in [0.15, 0.2) is 0 Å². The molecular formula is C19H18N4O5S. The Morgan fingerprint density at radius 1 is 1.31 bits per heavy atom. The highest BCUT2D eigenvalue weighted by atomic mass is 32.1. The number of hydrogen-bond acceptors (Lipinski definition) is 9. The molecule has 5 rings (SSSR count). The lowest BCUT2D eigenvalue weighted by Crippen LogP contribution is -2.36. The molecule has 2 aliphatic rings. The van der Waals surface area contributed by atoms with Crippen LogP contribution < -0.4 is 0 Å². The second-order valence-electron chi connectivity index (χ2n) is 7.84. The van der Waals surface area contributed by atoms with Crippen molar-refractivity contribution >= 4 is 22.8 Å². The second-order valence-corrected chi connectivity index (χ2v) is 8.37. The fraction of sp³-hybridized carbons (Fsp3) is 0.421. The predicted octanol–water partition coefficient (Wildman–Crippen LogP) is 1.60. The van der Waals surface area contributed by atoms with E-state index in [0.29, 0.717) is 33.4 Å². The normalized spacial score (nSPS) is 28.6. The Bertz CT molecular complexity index is 1210. The highest BCUT2D eigenvalue weighted by molar-refractivity contribution is 7.00. The van der Waals surface area contributed by atoms with Gasteiger partial charge in [-0.25, -0.2) is 4.57 Å². The standard InChI is InChI=1S/C19H18N4O5S/c1-8(7-24)19-5-11(25)18(2,28-19)12-13(19)17(27)23(16(12)26)10-4-3-9(6-20)14-15(10)22-29-21-14/h3-4,8,11,24-27H,5,7H2,1-2H3/t8?,11-,18?,19?/m0/s1. The van der Waals surface area contributed by atoms with Gasteiger partial charge in [-0.15, -0.1) is 0 Å². The minimum Gasteiger partial charge on any atom is -0.494 e. The van der Waals surface area contributed by atoms with Gasteiger partial charge in [-0.3, -0.25) is 0 Å². The van der Waals surface area contributed by atoms with Gasteiger partial charge in [0.25, 0.3) is 0 Å². The summed E-state index contributed by atoms with van der Waals surface area (Å²) >= 11 is 0.929. The van der Waals surface area contributed by atoms with Crippen LogP contribution >= 0.6 is 11.7 Å². The van der Waals surface area contributed by atoms with E-state index in [-0.39, 0.29) is 24.8 Å². The van der Waals surface area contributed by atoms with Crippen LogP contribution in [0.3, 0.4) is 0 Å². The van der Waals surface area contributed by atoms with Crippen molar-refractivity contribution in [2.75, 3.05) is 6.61 Å². The smallest absolute Gasteiger partial charge is 0.205 e. The average Bonchev–Trinajstić information content (AvgIpc) is 3.41. The summed E-state index contributed by atoms with van der Waals surface area (Å²) in [6.45, 7) is 3.22. The first-order valence-corrected chi connectivity index (χ1v) is 9.85. The molecule has 0 radical (unpaired) electrons. The summed E-state index contributed by atoms with van der Waals surface area (Å²) in [5.74, 6) is -0.944. The molecule has 2 aromatic heterocycles. The summed E-state index contributed by atoms with van der Waals surface area (Å²) < 4.78 is 15.8. The van der Waals surface area contributed by atoms with E-state index < -0.39 is 23.2 Å². The van der Waals surface area contributed by atoms with E-state index in [2.05, 4.69) is 14.8 Å². The first kappa shape index (κ1) is 18.3. The molecule has 2 bridgehead atoms. The van der Waals surface area contributed by atoms with Crippen molar-refractivity contribution in [3.63, 3.8) is 0 Å². The Labute approximate surface area is 169 Å². The molecule has 0 saturated carbocycles. The number of aromatic nitrogens is 3. The van der Waals surface area contributed by atoms with Gasteiger partial charge >= 0.3 is 0 Å². The largest absolute Gasteiger partial charge is 0.494 e. The highest BCUT2D eigenvalue weighted by Gasteiger charge is 2.67. The molecule has 4 atom stereocenters. The molecule has 2 aliphatic heterocycles. The molecule has 10 heteroatoms. The van der Waals surface area contributed by atoms with E-state index in [1.54, 1.807) is 26.0 Å². The van der Waals surface area contributed by atoms with Crippen LogP contribution in [0.1, 0.15) is 37.0 Å². The average molecular weight is 414 g/mol. The van der Waals surface area contributed by atoms with Crippen molar-refractivity contribution < 1.29 is 25.2 Å².